The van der Waals surface area contributed by atoms with Crippen LogP contribution in [-0.2, 0) is 64.0 Å². The van der Waals surface area contributed by atoms with E-state index in [0.717, 1.165) is 10.0 Å². The zero-order valence-corrected chi connectivity index (χ0v) is 54.9. The van der Waals surface area contributed by atoms with E-state index >= 15 is 0 Å². The average molecular weight is 1290 g/mol. The maximum atomic E-state index is 14.1. The monoisotopic (exact) mass is 1290 g/mol. The number of hydrogen-bond donors (Lipinski definition) is 10. The summed E-state index contributed by atoms with van der Waals surface area (Å²) in [4.78, 5) is 150. The van der Waals surface area contributed by atoms with Crippen molar-refractivity contribution in [2.45, 2.75) is 262 Å². The van der Waals surface area contributed by atoms with E-state index < -0.39 is 135 Å². The lowest BCUT2D eigenvalue weighted by atomic mass is 9.94. The molecule has 0 radical (unpaired) electrons. The summed E-state index contributed by atoms with van der Waals surface area (Å²) in [7, 11) is 0. The zero-order valence-electron chi connectivity index (χ0n) is 53.4. The van der Waals surface area contributed by atoms with Gasteiger partial charge >= 0.3 is 12.1 Å². The van der Waals surface area contributed by atoms with Crippen molar-refractivity contribution >= 4 is 81.2 Å². The van der Waals surface area contributed by atoms with Gasteiger partial charge in [0.2, 0.25) is 53.2 Å². The maximum Gasteiger partial charge on any atom is 0.408 e. The van der Waals surface area contributed by atoms with E-state index in [1.165, 1.54) is 0 Å². The Morgan fingerprint density at radius 1 is 0.375 bits per heavy atom. The molecule has 488 valence electrons. The third-order valence-corrected chi connectivity index (χ3v) is 19.2. The molecule has 6 aliphatic carbocycles. The average Bonchev–Trinajstić information content (AvgIpc) is 4.28. The second-order valence-electron chi connectivity index (χ2n) is 28.6. The fraction of sp³-hybridized carbons (Fsp3) is 0.734. The Morgan fingerprint density at radius 3 is 0.955 bits per heavy atom. The third-order valence-electron chi connectivity index (χ3n) is 18.7. The summed E-state index contributed by atoms with van der Waals surface area (Å²) in [6.45, 7) is 17.9. The van der Waals surface area contributed by atoms with Crippen LogP contribution in [0.3, 0.4) is 0 Å². The molecule has 1 aromatic rings. The predicted octanol–water partition coefficient (Wildman–Crippen LogP) is 5.19. The number of ether oxygens (including phenoxy) is 2. The number of carbonyl (C=O) groups is 11. The van der Waals surface area contributed by atoms with Gasteiger partial charge in [-0.25, -0.2) is 9.59 Å². The number of carbonyl (C=O) groups excluding carboxylic acids is 11. The van der Waals surface area contributed by atoms with Crippen LogP contribution in [0.5, 0.6) is 0 Å². The van der Waals surface area contributed by atoms with Gasteiger partial charge in [-0.1, -0.05) is 66.6 Å². The van der Waals surface area contributed by atoms with Crippen LogP contribution in [0.4, 0.5) is 4.79 Å². The van der Waals surface area contributed by atoms with Gasteiger partial charge in [-0.05, 0) is 171 Å². The fourth-order valence-corrected chi connectivity index (χ4v) is 13.8. The van der Waals surface area contributed by atoms with Crippen LogP contribution in [0.25, 0.3) is 0 Å². The molecular formula is C64H97BrN10O13. The van der Waals surface area contributed by atoms with Crippen LogP contribution >= 0.6 is 15.9 Å². The quantitative estimate of drug-likeness (QED) is 0.0670. The number of hydrogen-bond acceptors (Lipinski definition) is 13. The minimum atomic E-state index is -1.39. The number of rotatable bonds is 22. The van der Waals surface area contributed by atoms with Gasteiger partial charge in [0.1, 0.15) is 34.4 Å². The van der Waals surface area contributed by atoms with Gasteiger partial charge in [0.15, 0.2) is 0 Å². The first-order valence-electron chi connectivity index (χ1n) is 31.9. The minimum absolute atomic E-state index is 0.0443. The molecule has 0 unspecified atom stereocenters. The molecule has 7 rings (SSSR count). The summed E-state index contributed by atoms with van der Waals surface area (Å²) < 4.78 is 11.8. The SMILES string of the molecule is CC(C)(C)OC(=O)NC(C)(C)C(=O)N[C@H]1CCC[C@@H]1C(=O)N[C@H]1CCC[C@@H]1C(=O)NC(C)(C)C(=O)N[C@H]1CCC[C@@H]1C(=O)N[C@H]1CCC[C@@H]1C(=O)NC(C)(C)C(=O)N[C@H]1CCC[C@@H]1C(=O)N[C@H]1CCC[C@@H]1C(=O)NC(C)(C)C(=O)OCc1ccc(Br)cc1. The molecule has 24 heteroatoms. The van der Waals surface area contributed by atoms with Gasteiger partial charge in [-0.2, -0.15) is 0 Å². The first-order chi connectivity index (χ1) is 41.1. The molecule has 0 bridgehead atoms. The standard InChI is InChI=1S/C64H97BrN10O13/c1-60(2,3)88-59(86)75-63(8,9)57(84)71-48-29-14-20-39(48)51(78)67-44-25-16-22-41(44)53(80)73-61(4,5)55(82)69-46-27-12-18-37(46)49(76)66-43-24-15-21-40(43)52(79)72-62(6,7)56(83)70-47-28-13-19-38(47)50(77)68-45-26-17-23-42(45)54(81)74-64(10,11)58(85)87-34-35-30-32-36(65)33-31-35/h30-33,37-48H,12-29,34H2,1-11H3,(H,66,76)(H,67,78)(H,68,77)(H,69,82)(H,70,83)(H,71,84)(H,72,79)(H,73,80)(H,74,81)(H,75,86)/t37-,38-,39-,40-,41-,42-,43-,44-,45-,46-,47-,48-/m0/s1. The number of benzene rings is 1. The van der Waals surface area contributed by atoms with Crippen molar-refractivity contribution in [2.24, 2.45) is 35.5 Å². The molecule has 0 heterocycles. The van der Waals surface area contributed by atoms with Crippen molar-refractivity contribution in [1.82, 2.24) is 53.2 Å². The molecule has 1 aromatic carbocycles. The van der Waals surface area contributed by atoms with E-state index in [0.29, 0.717) is 116 Å². The molecule has 12 atom stereocenters. The van der Waals surface area contributed by atoms with Crippen molar-refractivity contribution in [3.63, 3.8) is 0 Å². The van der Waals surface area contributed by atoms with Crippen molar-refractivity contribution in [3.05, 3.63) is 34.3 Å². The molecule has 0 aromatic heterocycles. The Labute approximate surface area is 526 Å². The summed E-state index contributed by atoms with van der Waals surface area (Å²) in [5, 5.41) is 29.6. The molecule has 23 nitrogen and oxygen atoms in total. The maximum absolute atomic E-state index is 14.1. The molecule has 0 spiro atoms. The highest BCUT2D eigenvalue weighted by Crippen LogP contribution is 2.35. The van der Waals surface area contributed by atoms with Gasteiger partial charge in [-0.15, -0.1) is 0 Å². The van der Waals surface area contributed by atoms with E-state index in [-0.39, 0.29) is 36.1 Å². The van der Waals surface area contributed by atoms with E-state index in [9.17, 15) is 52.7 Å². The summed E-state index contributed by atoms with van der Waals surface area (Å²) in [6, 6.07) is 4.32. The molecule has 10 N–H and O–H groups in total. The fourth-order valence-electron chi connectivity index (χ4n) is 13.5. The number of alkyl carbamates (subject to hydrolysis) is 1. The van der Waals surface area contributed by atoms with Gasteiger partial charge in [0.25, 0.3) is 0 Å². The third kappa shape index (κ3) is 18.0. The highest BCUT2D eigenvalue weighted by atomic mass is 79.9. The number of esters is 1. The Morgan fingerprint density at radius 2 is 0.648 bits per heavy atom. The first-order valence-corrected chi connectivity index (χ1v) is 32.7. The largest absolute Gasteiger partial charge is 0.459 e. The van der Waals surface area contributed by atoms with E-state index in [2.05, 4.69) is 69.1 Å². The van der Waals surface area contributed by atoms with Crippen LogP contribution in [0.1, 0.15) is 197 Å². The van der Waals surface area contributed by atoms with Crippen LogP contribution in [0.15, 0.2) is 28.7 Å². The first kappa shape index (κ1) is 69.1. The minimum Gasteiger partial charge on any atom is -0.459 e. The van der Waals surface area contributed by atoms with Crippen molar-refractivity contribution in [2.75, 3.05) is 0 Å². The normalized spacial score (nSPS) is 27.3. The van der Waals surface area contributed by atoms with Gasteiger partial charge in [-0.3, -0.25) is 43.2 Å². The van der Waals surface area contributed by atoms with Gasteiger partial charge in [0, 0.05) is 40.7 Å². The van der Waals surface area contributed by atoms with Crippen LogP contribution in [0.2, 0.25) is 0 Å². The lowest BCUT2D eigenvalue weighted by molar-refractivity contribution is -0.154. The molecule has 88 heavy (non-hydrogen) atoms. The second kappa shape index (κ2) is 28.7. The molecule has 6 fully saturated rings. The summed E-state index contributed by atoms with van der Waals surface area (Å²) >= 11 is 3.39. The smallest absolute Gasteiger partial charge is 0.408 e. The Hall–Kier alpha value is -6.33. The molecule has 0 aliphatic heterocycles. The van der Waals surface area contributed by atoms with Gasteiger partial charge < -0.3 is 62.6 Å². The van der Waals surface area contributed by atoms with E-state index in [1.54, 1.807) is 76.2 Å². The van der Waals surface area contributed by atoms with Crippen LogP contribution in [-0.4, -0.2) is 129 Å². The van der Waals surface area contributed by atoms with Crippen LogP contribution < -0.4 is 53.2 Å². The topological polar surface area (TPSA) is 327 Å². The Bertz CT molecular complexity index is 2780. The van der Waals surface area contributed by atoms with Crippen molar-refractivity contribution in [1.29, 1.82) is 0 Å². The number of halogens is 1. The highest BCUT2D eigenvalue weighted by Gasteiger charge is 2.47. The van der Waals surface area contributed by atoms with Crippen LogP contribution in [0, 0.1) is 35.5 Å². The zero-order chi connectivity index (χ0) is 64.7. The molecule has 6 aliphatic rings. The van der Waals surface area contributed by atoms with Gasteiger partial charge in [0.05, 0.1) is 35.5 Å². The van der Waals surface area contributed by atoms with E-state index in [4.69, 9.17) is 9.47 Å². The Balaban J connectivity index is 0.849. The second-order valence-corrected chi connectivity index (χ2v) is 29.5. The number of nitrogens with one attached hydrogen (secondary N) is 10. The number of amides is 10. The molecule has 6 saturated carbocycles. The lowest BCUT2D eigenvalue weighted by Crippen LogP contribution is -2.60. The molecule has 0 saturated heterocycles. The lowest BCUT2D eigenvalue weighted by Gasteiger charge is -2.32. The highest BCUT2D eigenvalue weighted by molar-refractivity contribution is 9.10. The Kier molecular flexibility index (Phi) is 22.5. The summed E-state index contributed by atoms with van der Waals surface area (Å²) in [5.74, 6) is -7.52. The summed E-state index contributed by atoms with van der Waals surface area (Å²) in [5.41, 5.74) is -5.39. The molecule has 10 amide bonds. The van der Waals surface area contributed by atoms with Crippen molar-refractivity contribution in [3.8, 4) is 0 Å². The summed E-state index contributed by atoms with van der Waals surface area (Å²) in [6.07, 6.45) is 9.68. The molecular weight excluding hydrogens is 1200 g/mol. The van der Waals surface area contributed by atoms with Crippen molar-refractivity contribution < 1.29 is 62.2 Å². The van der Waals surface area contributed by atoms with E-state index in [1.807, 2.05) is 24.3 Å². The predicted molar refractivity (Wildman–Crippen MR) is 330 cm³/mol.